The summed E-state index contributed by atoms with van der Waals surface area (Å²) >= 11 is 0. The SMILES string of the molecule is COCCn1c(C)cc(/C=C(\C#N)C(=O)OC(C)C(=O)Nc2cccc([N+](=O)[O-])c2)c1C. The lowest BCUT2D eigenvalue weighted by molar-refractivity contribution is -0.384. The maximum absolute atomic E-state index is 12.5. The van der Waals surface area contributed by atoms with Crippen LogP contribution in [0.25, 0.3) is 6.08 Å². The number of esters is 1. The van der Waals surface area contributed by atoms with Crippen LogP contribution in [-0.4, -0.2) is 41.2 Å². The highest BCUT2D eigenvalue weighted by atomic mass is 16.6. The van der Waals surface area contributed by atoms with Crippen molar-refractivity contribution in [2.45, 2.75) is 33.4 Å². The monoisotopic (exact) mass is 440 g/mol. The summed E-state index contributed by atoms with van der Waals surface area (Å²) in [6.07, 6.45) is 0.187. The van der Waals surface area contributed by atoms with E-state index in [0.29, 0.717) is 18.7 Å². The molecule has 1 unspecified atom stereocenters. The van der Waals surface area contributed by atoms with Gasteiger partial charge in [-0.1, -0.05) is 6.07 Å². The number of aryl methyl sites for hydroxylation is 1. The standard InChI is InChI=1S/C22H24N4O6/c1-14-10-17(15(2)25(14)8-9-31-4)11-18(13-23)22(28)32-16(3)21(27)24-19-6-5-7-20(12-19)26(29)30/h5-7,10-12,16H,8-9H2,1-4H3,(H,24,27)/b18-11+. The van der Waals surface area contributed by atoms with E-state index in [1.54, 1.807) is 7.11 Å². The second kappa shape index (κ2) is 10.9. The summed E-state index contributed by atoms with van der Waals surface area (Å²) in [5.74, 6) is -1.63. The van der Waals surface area contributed by atoms with Gasteiger partial charge in [-0.15, -0.1) is 0 Å². The van der Waals surface area contributed by atoms with Crippen molar-refractivity contribution in [3.63, 3.8) is 0 Å². The molecular formula is C22H24N4O6. The zero-order valence-electron chi connectivity index (χ0n) is 18.2. The molecule has 1 heterocycles. The molecule has 0 bridgehead atoms. The van der Waals surface area contributed by atoms with Gasteiger partial charge in [0.15, 0.2) is 6.10 Å². The molecule has 0 saturated heterocycles. The van der Waals surface area contributed by atoms with E-state index in [4.69, 9.17) is 9.47 Å². The molecule has 0 aliphatic heterocycles. The number of ether oxygens (including phenoxy) is 2. The molecule has 1 aromatic carbocycles. The molecule has 1 atom stereocenters. The summed E-state index contributed by atoms with van der Waals surface area (Å²) in [4.78, 5) is 35.0. The molecule has 0 radical (unpaired) electrons. The first kappa shape index (κ1) is 24.3. The Morgan fingerprint density at radius 2 is 2.06 bits per heavy atom. The van der Waals surface area contributed by atoms with Gasteiger partial charge in [-0.3, -0.25) is 14.9 Å². The van der Waals surface area contributed by atoms with Crippen LogP contribution < -0.4 is 5.32 Å². The normalized spacial score (nSPS) is 12.0. The second-order valence-corrected chi connectivity index (χ2v) is 6.98. The Morgan fingerprint density at radius 3 is 2.69 bits per heavy atom. The molecule has 32 heavy (non-hydrogen) atoms. The van der Waals surface area contributed by atoms with Crippen LogP contribution in [0.4, 0.5) is 11.4 Å². The van der Waals surface area contributed by atoms with Crippen molar-refractivity contribution in [2.75, 3.05) is 19.0 Å². The molecule has 1 aromatic heterocycles. The van der Waals surface area contributed by atoms with E-state index in [-0.39, 0.29) is 16.9 Å². The number of nitro benzene ring substituents is 1. The first-order chi connectivity index (χ1) is 15.2. The van der Waals surface area contributed by atoms with Crippen molar-refractivity contribution in [1.82, 2.24) is 4.57 Å². The molecule has 0 aliphatic carbocycles. The van der Waals surface area contributed by atoms with Gasteiger partial charge in [0, 0.05) is 42.9 Å². The Labute approximate surface area is 185 Å². The van der Waals surface area contributed by atoms with Gasteiger partial charge in [-0.25, -0.2) is 4.79 Å². The minimum Gasteiger partial charge on any atom is -0.448 e. The maximum Gasteiger partial charge on any atom is 0.349 e. The number of hydrogen-bond donors (Lipinski definition) is 1. The molecule has 0 fully saturated rings. The number of anilines is 1. The third-order valence-electron chi connectivity index (χ3n) is 4.75. The Bertz CT molecular complexity index is 1100. The third kappa shape index (κ3) is 6.02. The average molecular weight is 440 g/mol. The minimum absolute atomic E-state index is 0.187. The van der Waals surface area contributed by atoms with E-state index in [0.717, 1.165) is 11.4 Å². The van der Waals surface area contributed by atoms with Gasteiger partial charge in [0.25, 0.3) is 11.6 Å². The van der Waals surface area contributed by atoms with E-state index in [9.17, 15) is 25.0 Å². The number of rotatable bonds is 9. The summed E-state index contributed by atoms with van der Waals surface area (Å²) in [5, 5.41) is 22.7. The van der Waals surface area contributed by atoms with Gasteiger partial charge < -0.3 is 19.4 Å². The van der Waals surface area contributed by atoms with Gasteiger partial charge in [0.1, 0.15) is 11.6 Å². The molecule has 10 nitrogen and oxygen atoms in total. The van der Waals surface area contributed by atoms with Crippen molar-refractivity contribution < 1.29 is 24.0 Å². The second-order valence-electron chi connectivity index (χ2n) is 6.98. The molecule has 2 rings (SSSR count). The van der Waals surface area contributed by atoms with Crippen LogP contribution in [0.15, 0.2) is 35.9 Å². The number of carbonyl (C=O) groups excluding carboxylic acids is 2. The van der Waals surface area contributed by atoms with Crippen LogP contribution >= 0.6 is 0 Å². The molecular weight excluding hydrogens is 416 g/mol. The number of nitro groups is 1. The van der Waals surface area contributed by atoms with E-state index in [1.165, 1.54) is 37.3 Å². The fourth-order valence-corrected chi connectivity index (χ4v) is 3.01. The quantitative estimate of drug-likeness (QED) is 0.208. The lowest BCUT2D eigenvalue weighted by Gasteiger charge is -2.13. The van der Waals surface area contributed by atoms with Gasteiger partial charge in [0.2, 0.25) is 0 Å². The Morgan fingerprint density at radius 1 is 1.34 bits per heavy atom. The predicted octanol–water partition coefficient (Wildman–Crippen LogP) is 3.14. The molecule has 1 N–H and O–H groups in total. The smallest absolute Gasteiger partial charge is 0.349 e. The number of aromatic nitrogens is 1. The van der Waals surface area contributed by atoms with Crippen molar-refractivity contribution >= 4 is 29.3 Å². The maximum atomic E-state index is 12.5. The molecule has 0 aliphatic rings. The zero-order valence-corrected chi connectivity index (χ0v) is 18.2. The number of non-ortho nitro benzene ring substituents is 1. The number of benzene rings is 1. The Kier molecular flexibility index (Phi) is 8.26. The van der Waals surface area contributed by atoms with Crippen molar-refractivity contribution in [2.24, 2.45) is 0 Å². The van der Waals surface area contributed by atoms with E-state index < -0.39 is 22.9 Å². The van der Waals surface area contributed by atoms with Crippen molar-refractivity contribution in [1.29, 1.82) is 5.26 Å². The van der Waals surface area contributed by atoms with Crippen LogP contribution in [0.1, 0.15) is 23.9 Å². The molecule has 10 heteroatoms. The van der Waals surface area contributed by atoms with Crippen LogP contribution in [0.2, 0.25) is 0 Å². The Balaban J connectivity index is 2.11. The minimum atomic E-state index is -1.23. The van der Waals surface area contributed by atoms with E-state index in [2.05, 4.69) is 5.32 Å². The number of nitrogens with zero attached hydrogens (tertiary/aromatic N) is 3. The van der Waals surface area contributed by atoms with Gasteiger partial charge in [-0.2, -0.15) is 5.26 Å². The fourth-order valence-electron chi connectivity index (χ4n) is 3.01. The highest BCUT2D eigenvalue weighted by Gasteiger charge is 2.22. The molecule has 0 spiro atoms. The first-order valence-electron chi connectivity index (χ1n) is 9.71. The van der Waals surface area contributed by atoms with Crippen molar-refractivity contribution in [3.8, 4) is 6.07 Å². The van der Waals surface area contributed by atoms with E-state index >= 15 is 0 Å². The summed E-state index contributed by atoms with van der Waals surface area (Å²) < 4.78 is 12.2. The highest BCUT2D eigenvalue weighted by molar-refractivity contribution is 6.01. The lowest BCUT2D eigenvalue weighted by Crippen LogP contribution is -2.30. The van der Waals surface area contributed by atoms with Gasteiger partial charge >= 0.3 is 5.97 Å². The highest BCUT2D eigenvalue weighted by Crippen LogP contribution is 2.20. The zero-order chi connectivity index (χ0) is 23.8. The largest absolute Gasteiger partial charge is 0.448 e. The topological polar surface area (TPSA) is 136 Å². The summed E-state index contributed by atoms with van der Waals surface area (Å²) in [7, 11) is 1.61. The summed E-state index contributed by atoms with van der Waals surface area (Å²) in [5.41, 5.74) is 2.22. The number of nitriles is 1. The summed E-state index contributed by atoms with van der Waals surface area (Å²) in [6, 6.07) is 9.02. The third-order valence-corrected chi connectivity index (χ3v) is 4.75. The van der Waals surface area contributed by atoms with Gasteiger partial charge in [0.05, 0.1) is 11.5 Å². The number of nitrogens with one attached hydrogen (secondary N) is 1. The fraction of sp³-hybridized carbons (Fsp3) is 0.318. The van der Waals surface area contributed by atoms with Crippen molar-refractivity contribution in [3.05, 3.63) is 63.0 Å². The van der Waals surface area contributed by atoms with Crippen LogP contribution in [-0.2, 0) is 25.6 Å². The number of amides is 1. The molecule has 168 valence electrons. The molecule has 1 amide bonds. The lowest BCUT2D eigenvalue weighted by atomic mass is 10.1. The predicted molar refractivity (Wildman–Crippen MR) is 117 cm³/mol. The van der Waals surface area contributed by atoms with Crippen LogP contribution in [0.3, 0.4) is 0 Å². The first-order valence-corrected chi connectivity index (χ1v) is 9.71. The average Bonchev–Trinajstić information content (AvgIpc) is 3.02. The number of methoxy groups -OCH3 is 1. The van der Waals surface area contributed by atoms with Gasteiger partial charge in [-0.05, 0) is 44.5 Å². The summed E-state index contributed by atoms with van der Waals surface area (Å²) in [6.45, 7) is 6.26. The Hall–Kier alpha value is -3.97. The van der Waals surface area contributed by atoms with Crippen LogP contribution in [0.5, 0.6) is 0 Å². The van der Waals surface area contributed by atoms with Crippen LogP contribution in [0, 0.1) is 35.3 Å². The number of carbonyl (C=O) groups is 2. The molecule has 0 saturated carbocycles. The van der Waals surface area contributed by atoms with E-state index in [1.807, 2.05) is 30.6 Å². The molecule has 2 aromatic rings. The number of hydrogen-bond acceptors (Lipinski definition) is 7.